The molecule has 0 heterocycles. The molecule has 4 heteroatoms. The first-order valence-electron chi connectivity index (χ1n) is 6.02. The third kappa shape index (κ3) is 3.39. The molecule has 0 fully saturated rings. The molecule has 0 bridgehead atoms. The molecule has 0 aliphatic heterocycles. The van der Waals surface area contributed by atoms with Crippen LogP contribution in [0.1, 0.15) is 11.1 Å². The van der Waals surface area contributed by atoms with Gasteiger partial charge in [-0.05, 0) is 35.4 Å². The Bertz CT molecular complexity index is 555. The van der Waals surface area contributed by atoms with E-state index in [0.29, 0.717) is 12.3 Å². The third-order valence-corrected chi connectivity index (χ3v) is 2.85. The van der Waals surface area contributed by atoms with E-state index in [1.54, 1.807) is 12.1 Å². The fraction of sp³-hybridized carbons (Fsp3) is 0.200. The highest BCUT2D eigenvalue weighted by Crippen LogP contribution is 2.26. The molecule has 0 radical (unpaired) electrons. The van der Waals surface area contributed by atoms with Crippen LogP contribution >= 0.6 is 0 Å². The Balaban J connectivity index is 2.05. The molecule has 0 amide bonds. The van der Waals surface area contributed by atoms with Gasteiger partial charge in [0.2, 0.25) is 0 Å². The average Bonchev–Trinajstić information content (AvgIpc) is 2.46. The fourth-order valence-electron chi connectivity index (χ4n) is 1.82. The summed E-state index contributed by atoms with van der Waals surface area (Å²) in [5, 5.41) is 21.8. The van der Waals surface area contributed by atoms with E-state index < -0.39 is 0 Å². The molecule has 0 aliphatic carbocycles. The van der Waals surface area contributed by atoms with E-state index in [2.05, 4.69) is 5.32 Å². The molecule has 3 N–H and O–H groups in total. The van der Waals surface area contributed by atoms with Gasteiger partial charge in [-0.25, -0.2) is 0 Å². The lowest BCUT2D eigenvalue weighted by molar-refractivity contribution is 0.282. The van der Waals surface area contributed by atoms with Crippen molar-refractivity contribution in [3.8, 4) is 11.5 Å². The van der Waals surface area contributed by atoms with Gasteiger partial charge in [-0.15, -0.1) is 0 Å². The summed E-state index contributed by atoms with van der Waals surface area (Å²) in [6.45, 7) is 0.647. The van der Waals surface area contributed by atoms with Crippen molar-refractivity contribution in [3.05, 3.63) is 53.6 Å². The fourth-order valence-corrected chi connectivity index (χ4v) is 1.82. The first-order chi connectivity index (χ1) is 9.22. The predicted octanol–water partition coefficient (Wildman–Crippen LogP) is 2.51. The Morgan fingerprint density at radius 3 is 2.68 bits per heavy atom. The minimum atomic E-state index is 0.0303. The molecule has 0 saturated carbocycles. The zero-order valence-corrected chi connectivity index (χ0v) is 10.8. The lowest BCUT2D eigenvalue weighted by Crippen LogP contribution is -2.00. The van der Waals surface area contributed by atoms with Crippen molar-refractivity contribution in [1.29, 1.82) is 0 Å². The summed E-state index contributed by atoms with van der Waals surface area (Å²) in [6.07, 6.45) is 0. The monoisotopic (exact) mass is 259 g/mol. The number of aliphatic hydroxyl groups excluding tert-OH is 1. The number of nitrogens with one attached hydrogen (secondary N) is 1. The van der Waals surface area contributed by atoms with E-state index in [4.69, 9.17) is 9.84 Å². The minimum Gasteiger partial charge on any atom is -0.504 e. The molecule has 100 valence electrons. The van der Waals surface area contributed by atoms with Crippen molar-refractivity contribution < 1.29 is 14.9 Å². The molecule has 0 aliphatic rings. The predicted molar refractivity (Wildman–Crippen MR) is 74.4 cm³/mol. The Morgan fingerprint density at radius 2 is 1.95 bits per heavy atom. The minimum absolute atomic E-state index is 0.0303. The first kappa shape index (κ1) is 13.2. The summed E-state index contributed by atoms with van der Waals surface area (Å²) >= 11 is 0. The van der Waals surface area contributed by atoms with Crippen molar-refractivity contribution in [2.45, 2.75) is 13.2 Å². The Labute approximate surface area is 112 Å². The van der Waals surface area contributed by atoms with Gasteiger partial charge >= 0.3 is 0 Å². The molecule has 2 aromatic rings. The van der Waals surface area contributed by atoms with Crippen molar-refractivity contribution in [2.75, 3.05) is 12.4 Å². The van der Waals surface area contributed by atoms with Crippen LogP contribution in [0.3, 0.4) is 0 Å². The van der Waals surface area contributed by atoms with E-state index in [0.717, 1.165) is 16.8 Å². The maximum Gasteiger partial charge on any atom is 0.160 e. The zero-order valence-electron chi connectivity index (χ0n) is 10.8. The van der Waals surface area contributed by atoms with Crippen LogP contribution in [0.15, 0.2) is 42.5 Å². The van der Waals surface area contributed by atoms with Crippen LogP contribution in [0, 0.1) is 0 Å². The highest BCUT2D eigenvalue weighted by Gasteiger charge is 2.02. The van der Waals surface area contributed by atoms with Crippen LogP contribution in [0.4, 0.5) is 5.69 Å². The van der Waals surface area contributed by atoms with Crippen LogP contribution < -0.4 is 10.1 Å². The number of phenolic OH excluding ortho intramolecular Hbond substituents is 1. The van der Waals surface area contributed by atoms with Gasteiger partial charge in [0.25, 0.3) is 0 Å². The summed E-state index contributed by atoms with van der Waals surface area (Å²) in [5.74, 6) is 0.594. The van der Waals surface area contributed by atoms with Crippen LogP contribution in [0.5, 0.6) is 11.5 Å². The summed E-state index contributed by atoms with van der Waals surface area (Å²) < 4.78 is 5.06. The van der Waals surface area contributed by atoms with Crippen molar-refractivity contribution >= 4 is 5.69 Å². The smallest absolute Gasteiger partial charge is 0.160 e. The molecule has 0 saturated heterocycles. The number of rotatable bonds is 5. The van der Waals surface area contributed by atoms with Crippen molar-refractivity contribution in [1.82, 2.24) is 0 Å². The van der Waals surface area contributed by atoms with Crippen LogP contribution in [0.2, 0.25) is 0 Å². The molecule has 0 aromatic heterocycles. The molecule has 2 rings (SSSR count). The topological polar surface area (TPSA) is 61.7 Å². The van der Waals surface area contributed by atoms with E-state index in [9.17, 15) is 5.11 Å². The van der Waals surface area contributed by atoms with Gasteiger partial charge < -0.3 is 20.3 Å². The summed E-state index contributed by atoms with van der Waals surface area (Å²) in [7, 11) is 1.52. The molecule has 4 nitrogen and oxygen atoms in total. The lowest BCUT2D eigenvalue weighted by Gasteiger charge is -2.09. The van der Waals surface area contributed by atoms with E-state index >= 15 is 0 Å². The van der Waals surface area contributed by atoms with Crippen LogP contribution in [0.25, 0.3) is 0 Å². The van der Waals surface area contributed by atoms with E-state index in [1.165, 1.54) is 7.11 Å². The van der Waals surface area contributed by atoms with Gasteiger partial charge in [-0.2, -0.15) is 0 Å². The summed E-state index contributed by atoms with van der Waals surface area (Å²) in [4.78, 5) is 0. The Morgan fingerprint density at radius 1 is 1.11 bits per heavy atom. The zero-order chi connectivity index (χ0) is 13.7. The number of phenols is 1. The first-order valence-corrected chi connectivity index (χ1v) is 6.02. The Hall–Kier alpha value is -2.20. The molecule has 0 unspecified atom stereocenters. The van der Waals surface area contributed by atoms with Crippen molar-refractivity contribution in [3.63, 3.8) is 0 Å². The van der Waals surface area contributed by atoms with Crippen molar-refractivity contribution in [2.24, 2.45) is 0 Å². The van der Waals surface area contributed by atoms with Gasteiger partial charge in [0.15, 0.2) is 11.5 Å². The molecule has 0 atom stereocenters. The molecular formula is C15H17NO3. The van der Waals surface area contributed by atoms with Gasteiger partial charge in [0.1, 0.15) is 0 Å². The second kappa shape index (κ2) is 6.11. The van der Waals surface area contributed by atoms with Crippen LogP contribution in [-0.4, -0.2) is 17.3 Å². The van der Waals surface area contributed by atoms with E-state index in [-0.39, 0.29) is 12.4 Å². The standard InChI is InChI=1S/C15H17NO3/c1-19-15-8-11(5-6-14(15)18)9-16-13-4-2-3-12(7-13)10-17/h2-8,16-18H,9-10H2,1H3. The molecule has 0 spiro atoms. The number of aliphatic hydroxyl groups is 1. The van der Waals surface area contributed by atoms with Gasteiger partial charge in [-0.1, -0.05) is 18.2 Å². The highest BCUT2D eigenvalue weighted by molar-refractivity contribution is 5.47. The summed E-state index contributed by atoms with van der Waals surface area (Å²) in [5.41, 5.74) is 2.82. The summed E-state index contributed by atoms with van der Waals surface area (Å²) in [6, 6.07) is 12.8. The van der Waals surface area contributed by atoms with Gasteiger partial charge in [-0.3, -0.25) is 0 Å². The third-order valence-electron chi connectivity index (χ3n) is 2.85. The molecule has 19 heavy (non-hydrogen) atoms. The number of hydrogen-bond acceptors (Lipinski definition) is 4. The number of ether oxygens (including phenoxy) is 1. The highest BCUT2D eigenvalue weighted by atomic mass is 16.5. The van der Waals surface area contributed by atoms with E-state index in [1.807, 2.05) is 30.3 Å². The van der Waals surface area contributed by atoms with Gasteiger partial charge in [0, 0.05) is 12.2 Å². The number of benzene rings is 2. The quantitative estimate of drug-likeness (QED) is 0.772. The normalized spacial score (nSPS) is 10.2. The maximum absolute atomic E-state index is 9.52. The second-order valence-corrected chi connectivity index (χ2v) is 4.22. The number of hydrogen-bond donors (Lipinski definition) is 3. The largest absolute Gasteiger partial charge is 0.504 e. The van der Waals surface area contributed by atoms with Crippen LogP contribution in [-0.2, 0) is 13.2 Å². The average molecular weight is 259 g/mol. The number of anilines is 1. The SMILES string of the molecule is COc1cc(CNc2cccc(CO)c2)ccc1O. The maximum atomic E-state index is 9.52. The molecule has 2 aromatic carbocycles. The molecular weight excluding hydrogens is 242 g/mol. The Kier molecular flexibility index (Phi) is 4.26. The number of aromatic hydroxyl groups is 1. The lowest BCUT2D eigenvalue weighted by atomic mass is 10.1. The number of methoxy groups -OCH3 is 1. The second-order valence-electron chi connectivity index (χ2n) is 4.22. The van der Waals surface area contributed by atoms with Gasteiger partial charge in [0.05, 0.1) is 13.7 Å².